The van der Waals surface area contributed by atoms with Crippen LogP contribution in [0.15, 0.2) is 48.9 Å². The minimum atomic E-state index is -5.08. The first-order chi connectivity index (χ1) is 14.7. The maximum Gasteiger partial charge on any atom is 0.490 e. The van der Waals surface area contributed by atoms with Crippen molar-refractivity contribution in [2.24, 2.45) is 0 Å². The molecule has 1 aliphatic heterocycles. The van der Waals surface area contributed by atoms with Crippen LogP contribution < -0.4 is 5.32 Å². The number of fused-ring (bicyclic) bond motifs is 1. The van der Waals surface area contributed by atoms with E-state index in [1.165, 1.54) is 0 Å². The summed E-state index contributed by atoms with van der Waals surface area (Å²) in [7, 11) is 0. The van der Waals surface area contributed by atoms with E-state index in [1.807, 2.05) is 42.5 Å². The zero-order chi connectivity index (χ0) is 22.4. The highest BCUT2D eigenvalue weighted by Crippen LogP contribution is 2.24. The van der Waals surface area contributed by atoms with Crippen molar-refractivity contribution < 1.29 is 27.9 Å². The lowest BCUT2D eigenvalue weighted by molar-refractivity contribution is -0.192. The maximum absolute atomic E-state index is 11.9. The molecule has 160 valence electrons. The molecule has 0 saturated carbocycles. The fraction of sp³-hybridized carbons (Fsp3) is 0.143. The number of carboxylic acids is 1. The van der Waals surface area contributed by atoms with Crippen molar-refractivity contribution >= 4 is 24.0 Å². The lowest BCUT2D eigenvalue weighted by Crippen LogP contribution is -2.31. The van der Waals surface area contributed by atoms with Crippen LogP contribution >= 0.6 is 0 Å². The molecule has 3 aromatic heterocycles. The van der Waals surface area contributed by atoms with Gasteiger partial charge in [0.25, 0.3) is 5.91 Å². The Morgan fingerprint density at radius 3 is 2.45 bits per heavy atom. The number of carboxylic acid groups (broad SMARTS) is 1. The number of alkyl halides is 3. The first kappa shape index (κ1) is 21.8. The summed E-state index contributed by atoms with van der Waals surface area (Å²) in [6.45, 7) is 0.683. The molecule has 0 atom stereocenters. The van der Waals surface area contributed by atoms with Gasteiger partial charge < -0.3 is 15.4 Å². The summed E-state index contributed by atoms with van der Waals surface area (Å²) in [5.74, 6) is -2.77. The number of aromatic nitrogens is 3. The van der Waals surface area contributed by atoms with Crippen molar-refractivity contribution in [2.75, 3.05) is 6.54 Å². The van der Waals surface area contributed by atoms with Crippen molar-refractivity contribution in [3.63, 3.8) is 0 Å². The van der Waals surface area contributed by atoms with Crippen LogP contribution in [0.2, 0.25) is 0 Å². The Hall–Kier alpha value is -3.95. The molecule has 0 aliphatic carbocycles. The highest BCUT2D eigenvalue weighted by atomic mass is 19.4. The van der Waals surface area contributed by atoms with Crippen LogP contribution in [0.1, 0.15) is 27.3 Å². The molecule has 4 heterocycles. The second kappa shape index (κ2) is 9.24. The van der Waals surface area contributed by atoms with E-state index < -0.39 is 12.1 Å². The molecule has 10 heteroatoms. The number of hydrogen-bond donors (Lipinski definition) is 3. The van der Waals surface area contributed by atoms with Gasteiger partial charge in [0.2, 0.25) is 0 Å². The fourth-order valence-electron chi connectivity index (χ4n) is 2.81. The number of hydrogen-bond acceptors (Lipinski definition) is 4. The van der Waals surface area contributed by atoms with E-state index in [4.69, 9.17) is 9.90 Å². The van der Waals surface area contributed by atoms with E-state index in [9.17, 15) is 18.0 Å². The number of rotatable bonds is 3. The monoisotopic (exact) mass is 430 g/mol. The number of carbonyl (C=O) groups is 2. The molecule has 1 amide bonds. The summed E-state index contributed by atoms with van der Waals surface area (Å²) in [6, 6.07) is 9.75. The third-order valence-corrected chi connectivity index (χ3v) is 4.29. The number of aromatic amines is 1. The molecule has 31 heavy (non-hydrogen) atoms. The van der Waals surface area contributed by atoms with Gasteiger partial charge in [-0.2, -0.15) is 13.2 Å². The summed E-state index contributed by atoms with van der Waals surface area (Å²) in [5, 5.41) is 9.99. The minimum Gasteiger partial charge on any atom is -0.475 e. The third kappa shape index (κ3) is 5.78. The normalized spacial score (nSPS) is 13.2. The Morgan fingerprint density at radius 2 is 1.81 bits per heavy atom. The van der Waals surface area contributed by atoms with Crippen LogP contribution in [0, 0.1) is 0 Å². The van der Waals surface area contributed by atoms with E-state index in [-0.39, 0.29) is 5.91 Å². The first-order valence-electron chi connectivity index (χ1n) is 9.09. The molecule has 4 rings (SSSR count). The van der Waals surface area contributed by atoms with Gasteiger partial charge in [0.05, 0.1) is 11.3 Å². The van der Waals surface area contributed by atoms with Crippen molar-refractivity contribution in [1.29, 1.82) is 0 Å². The topological polar surface area (TPSA) is 108 Å². The zero-order valence-electron chi connectivity index (χ0n) is 16.0. The van der Waals surface area contributed by atoms with Crippen LogP contribution in [-0.2, 0) is 11.2 Å². The predicted molar refractivity (Wildman–Crippen MR) is 107 cm³/mol. The van der Waals surface area contributed by atoms with Crippen LogP contribution in [0.5, 0.6) is 0 Å². The van der Waals surface area contributed by atoms with Gasteiger partial charge in [-0.3, -0.25) is 14.8 Å². The number of nitrogens with one attached hydrogen (secondary N) is 2. The first-order valence-corrected chi connectivity index (χ1v) is 9.09. The van der Waals surface area contributed by atoms with Gasteiger partial charge >= 0.3 is 12.1 Å². The molecule has 0 fully saturated rings. The molecule has 1 aliphatic rings. The Bertz CT molecular complexity index is 1110. The van der Waals surface area contributed by atoms with Crippen LogP contribution in [0.3, 0.4) is 0 Å². The Morgan fingerprint density at radius 1 is 1.10 bits per heavy atom. The SMILES string of the molecule is O=C(O)C(F)(F)F.O=C1NCCc2[nH]c(-c3ccnc(/C=C/c4ccncc4)c3)cc21. The summed E-state index contributed by atoms with van der Waals surface area (Å²) < 4.78 is 31.7. The third-order valence-electron chi connectivity index (χ3n) is 4.29. The Kier molecular flexibility index (Phi) is 6.49. The van der Waals surface area contributed by atoms with Gasteiger partial charge in [0.1, 0.15) is 0 Å². The van der Waals surface area contributed by atoms with Crippen LogP contribution in [0.25, 0.3) is 23.4 Å². The predicted octanol–water partition coefficient (Wildman–Crippen LogP) is 3.56. The summed E-state index contributed by atoms with van der Waals surface area (Å²) in [6.07, 6.45) is 5.02. The zero-order valence-corrected chi connectivity index (χ0v) is 16.0. The lowest BCUT2D eigenvalue weighted by Gasteiger charge is -2.10. The van der Waals surface area contributed by atoms with E-state index in [2.05, 4.69) is 20.3 Å². The van der Waals surface area contributed by atoms with E-state index >= 15 is 0 Å². The average molecular weight is 430 g/mol. The maximum atomic E-state index is 11.9. The highest BCUT2D eigenvalue weighted by molar-refractivity contribution is 5.97. The van der Waals surface area contributed by atoms with E-state index in [0.717, 1.165) is 40.2 Å². The van der Waals surface area contributed by atoms with Crippen molar-refractivity contribution in [1.82, 2.24) is 20.3 Å². The second-order valence-corrected chi connectivity index (χ2v) is 6.47. The number of carbonyl (C=O) groups excluding carboxylic acids is 1. The van der Waals surface area contributed by atoms with Gasteiger partial charge in [-0.1, -0.05) is 6.08 Å². The number of H-pyrrole nitrogens is 1. The molecular formula is C21H17F3N4O3. The second-order valence-electron chi connectivity index (χ2n) is 6.47. The molecule has 0 bridgehead atoms. The molecule has 0 aromatic carbocycles. The Balaban J connectivity index is 0.000000339. The molecular weight excluding hydrogens is 413 g/mol. The minimum absolute atomic E-state index is 0.00869. The van der Waals surface area contributed by atoms with Gasteiger partial charge in [0.15, 0.2) is 0 Å². The standard InChI is InChI=1S/C19H16N4O.C2HF3O2/c24-19-16-12-18(23-17(16)6-10-22-19)14-5-9-21-15(11-14)2-1-13-3-7-20-8-4-13;3-2(4,5)1(6)7/h1-5,7-9,11-12,23H,6,10H2,(H,22,24);(H,6,7)/b2-1+;. The van der Waals surface area contributed by atoms with Gasteiger partial charge in [-0.25, -0.2) is 4.79 Å². The largest absolute Gasteiger partial charge is 0.490 e. The number of amides is 1. The average Bonchev–Trinajstić information content (AvgIpc) is 3.19. The summed E-state index contributed by atoms with van der Waals surface area (Å²) in [5.41, 5.74) is 5.63. The van der Waals surface area contributed by atoms with Crippen molar-refractivity contribution in [3.05, 3.63) is 71.4 Å². The van der Waals surface area contributed by atoms with E-state index in [0.29, 0.717) is 6.54 Å². The van der Waals surface area contributed by atoms with Crippen molar-refractivity contribution in [3.8, 4) is 11.3 Å². The lowest BCUT2D eigenvalue weighted by atomic mass is 10.1. The number of aliphatic carboxylic acids is 1. The molecule has 3 aromatic rings. The molecule has 7 nitrogen and oxygen atoms in total. The van der Waals surface area contributed by atoms with Gasteiger partial charge in [-0.15, -0.1) is 0 Å². The molecule has 0 saturated heterocycles. The quantitative estimate of drug-likeness (QED) is 0.589. The molecule has 0 unspecified atom stereocenters. The number of pyridine rings is 2. The van der Waals surface area contributed by atoms with Crippen molar-refractivity contribution in [2.45, 2.75) is 12.6 Å². The molecule has 0 radical (unpaired) electrons. The molecule has 0 spiro atoms. The van der Waals surface area contributed by atoms with Gasteiger partial charge in [-0.05, 0) is 42.0 Å². The molecule has 3 N–H and O–H groups in total. The summed E-state index contributed by atoms with van der Waals surface area (Å²) >= 11 is 0. The number of halogens is 3. The number of nitrogens with zero attached hydrogens (tertiary/aromatic N) is 2. The summed E-state index contributed by atoms with van der Waals surface area (Å²) in [4.78, 5) is 32.5. The Labute approximate surface area is 174 Å². The fourth-order valence-corrected chi connectivity index (χ4v) is 2.81. The highest BCUT2D eigenvalue weighted by Gasteiger charge is 2.38. The van der Waals surface area contributed by atoms with Crippen LogP contribution in [-0.4, -0.2) is 44.7 Å². The smallest absolute Gasteiger partial charge is 0.475 e. The van der Waals surface area contributed by atoms with E-state index in [1.54, 1.807) is 18.6 Å². The van der Waals surface area contributed by atoms with Gasteiger partial charge in [0, 0.05) is 48.5 Å². The van der Waals surface area contributed by atoms with Crippen LogP contribution in [0.4, 0.5) is 13.2 Å².